The summed E-state index contributed by atoms with van der Waals surface area (Å²) < 4.78 is 5.22. The number of ether oxygens (including phenoxy) is 1. The van der Waals surface area contributed by atoms with Gasteiger partial charge in [0.1, 0.15) is 5.75 Å². The summed E-state index contributed by atoms with van der Waals surface area (Å²) in [6, 6.07) is 5.93. The standard InChI is InChI=1S/C17H22N4O2.CH2O2/c1-20(15-10-21-7-5-11(15)6-8-21)17(22)16-13-4-3-12(23-2)9-14(13)18-19-16;2-1-3/h3-4,9,11,15H,5-8,10H2,1-2H3,(H,18,19);1H,(H,2,3)/t15-;/m0./s1. The Labute approximate surface area is 151 Å². The fourth-order valence-corrected chi connectivity index (χ4v) is 3.98. The molecule has 0 unspecified atom stereocenters. The van der Waals surface area contributed by atoms with E-state index in [9.17, 15) is 4.79 Å². The second-order valence-electron chi connectivity index (χ2n) is 6.71. The van der Waals surface area contributed by atoms with Crippen LogP contribution in [0.25, 0.3) is 10.9 Å². The SMILES string of the molecule is COc1ccc2c(C(=O)N(C)[C@H]3CN4CCC3CC4)n[nH]c2c1.O=CO. The van der Waals surface area contributed by atoms with Crippen molar-refractivity contribution in [3.63, 3.8) is 0 Å². The van der Waals surface area contributed by atoms with Crippen LogP contribution in [-0.4, -0.2) is 77.3 Å². The van der Waals surface area contributed by atoms with Gasteiger partial charge in [0.05, 0.1) is 12.6 Å². The molecular weight excluding hydrogens is 336 g/mol. The van der Waals surface area contributed by atoms with E-state index in [0.717, 1.165) is 23.2 Å². The van der Waals surface area contributed by atoms with Gasteiger partial charge >= 0.3 is 0 Å². The lowest BCUT2D eigenvalue weighted by Crippen LogP contribution is -2.57. The van der Waals surface area contributed by atoms with Gasteiger partial charge in [0.2, 0.25) is 0 Å². The lowest BCUT2D eigenvalue weighted by atomic mass is 9.83. The van der Waals surface area contributed by atoms with Gasteiger partial charge in [-0.3, -0.25) is 14.7 Å². The maximum atomic E-state index is 12.9. The van der Waals surface area contributed by atoms with Gasteiger partial charge in [-0.1, -0.05) is 0 Å². The molecule has 8 heteroatoms. The van der Waals surface area contributed by atoms with Gasteiger partial charge in [0.25, 0.3) is 12.4 Å². The topological polar surface area (TPSA) is 98.8 Å². The highest BCUT2D eigenvalue weighted by atomic mass is 16.5. The van der Waals surface area contributed by atoms with Gasteiger partial charge in [-0.05, 0) is 44.0 Å². The Morgan fingerprint density at radius 1 is 1.42 bits per heavy atom. The molecule has 1 amide bonds. The third-order valence-corrected chi connectivity index (χ3v) is 5.41. The minimum Gasteiger partial charge on any atom is -0.497 e. The molecule has 1 aromatic heterocycles. The number of hydrogen-bond donors (Lipinski definition) is 2. The van der Waals surface area contributed by atoms with Crippen molar-refractivity contribution >= 4 is 23.3 Å². The number of aromatic nitrogens is 2. The molecule has 4 heterocycles. The van der Waals surface area contributed by atoms with Crippen molar-refractivity contribution in [3.05, 3.63) is 23.9 Å². The van der Waals surface area contributed by atoms with Gasteiger partial charge in [-0.25, -0.2) is 0 Å². The van der Waals surface area contributed by atoms with E-state index in [1.54, 1.807) is 7.11 Å². The second-order valence-corrected chi connectivity index (χ2v) is 6.71. The highest BCUT2D eigenvalue weighted by Crippen LogP contribution is 2.31. The second kappa shape index (κ2) is 7.74. The van der Waals surface area contributed by atoms with Crippen molar-refractivity contribution in [1.29, 1.82) is 0 Å². The minimum atomic E-state index is -0.250. The van der Waals surface area contributed by atoms with Crippen LogP contribution in [0.15, 0.2) is 18.2 Å². The molecule has 2 bridgehead atoms. The number of carboxylic acid groups (broad SMARTS) is 1. The van der Waals surface area contributed by atoms with Crippen LogP contribution in [0.1, 0.15) is 23.3 Å². The first-order valence-corrected chi connectivity index (χ1v) is 8.68. The van der Waals surface area contributed by atoms with Crippen molar-refractivity contribution < 1.29 is 19.4 Å². The summed E-state index contributed by atoms with van der Waals surface area (Å²) >= 11 is 0. The van der Waals surface area contributed by atoms with Crippen molar-refractivity contribution in [3.8, 4) is 5.75 Å². The third kappa shape index (κ3) is 3.37. The summed E-state index contributed by atoms with van der Waals surface area (Å²) in [6.07, 6.45) is 2.39. The average Bonchev–Trinajstić information content (AvgIpc) is 3.11. The van der Waals surface area contributed by atoms with E-state index in [1.807, 2.05) is 30.1 Å². The maximum Gasteiger partial charge on any atom is 0.290 e. The minimum absolute atomic E-state index is 0.000154. The van der Waals surface area contributed by atoms with Crippen molar-refractivity contribution in [2.45, 2.75) is 18.9 Å². The smallest absolute Gasteiger partial charge is 0.290 e. The summed E-state index contributed by atoms with van der Waals surface area (Å²) in [5.74, 6) is 1.38. The van der Waals surface area contributed by atoms with Crippen LogP contribution in [-0.2, 0) is 4.79 Å². The molecule has 26 heavy (non-hydrogen) atoms. The number of fused-ring (bicyclic) bond motifs is 4. The van der Waals surface area contributed by atoms with Crippen molar-refractivity contribution in [2.24, 2.45) is 5.92 Å². The van der Waals surface area contributed by atoms with Crippen molar-refractivity contribution in [2.75, 3.05) is 33.8 Å². The molecule has 140 valence electrons. The molecule has 1 aromatic carbocycles. The number of rotatable bonds is 3. The van der Waals surface area contributed by atoms with Crippen LogP contribution >= 0.6 is 0 Å². The molecule has 0 aliphatic carbocycles. The van der Waals surface area contributed by atoms with E-state index in [1.165, 1.54) is 25.9 Å². The number of carbonyl (C=O) groups is 2. The summed E-state index contributed by atoms with van der Waals surface area (Å²) in [6.45, 7) is 3.09. The van der Waals surface area contributed by atoms with Gasteiger partial charge in [-0.2, -0.15) is 5.10 Å². The number of piperidine rings is 3. The first kappa shape index (κ1) is 18.2. The number of carbonyl (C=O) groups excluding carboxylic acids is 1. The monoisotopic (exact) mass is 360 g/mol. The number of nitrogens with one attached hydrogen (secondary N) is 1. The molecule has 5 rings (SSSR count). The zero-order valence-electron chi connectivity index (χ0n) is 15.0. The fraction of sp³-hybridized carbons (Fsp3) is 0.500. The molecular formula is C18H24N4O4. The van der Waals surface area contributed by atoms with E-state index in [2.05, 4.69) is 15.1 Å². The highest BCUT2D eigenvalue weighted by molar-refractivity contribution is 6.04. The number of aromatic amines is 1. The van der Waals surface area contributed by atoms with Gasteiger partial charge < -0.3 is 19.6 Å². The zero-order valence-corrected chi connectivity index (χ0v) is 15.0. The predicted molar refractivity (Wildman–Crippen MR) is 96.4 cm³/mol. The first-order chi connectivity index (χ1) is 12.6. The lowest BCUT2D eigenvalue weighted by Gasteiger charge is -2.47. The summed E-state index contributed by atoms with van der Waals surface area (Å²) in [4.78, 5) is 25.7. The number of nitrogens with zero attached hydrogens (tertiary/aromatic N) is 3. The molecule has 2 aromatic rings. The van der Waals surface area contributed by atoms with Gasteiger partial charge in [0, 0.05) is 31.1 Å². The largest absolute Gasteiger partial charge is 0.497 e. The number of H-pyrrole nitrogens is 1. The van der Waals surface area contributed by atoms with Crippen LogP contribution in [0.3, 0.4) is 0 Å². The Balaban J connectivity index is 0.000000613. The van der Waals surface area contributed by atoms with E-state index >= 15 is 0 Å². The summed E-state index contributed by atoms with van der Waals surface area (Å²) in [5.41, 5.74) is 1.33. The molecule has 3 aliphatic heterocycles. The van der Waals surface area contributed by atoms with Gasteiger partial charge in [0.15, 0.2) is 5.69 Å². The summed E-state index contributed by atoms with van der Waals surface area (Å²) in [7, 11) is 3.55. The van der Waals surface area contributed by atoms with Gasteiger partial charge in [-0.15, -0.1) is 0 Å². The Morgan fingerprint density at radius 2 is 2.12 bits per heavy atom. The zero-order chi connectivity index (χ0) is 18.7. The van der Waals surface area contributed by atoms with E-state index in [0.29, 0.717) is 17.7 Å². The third-order valence-electron chi connectivity index (χ3n) is 5.41. The normalized spacial score (nSPS) is 23.8. The van der Waals surface area contributed by atoms with Crippen LogP contribution in [0, 0.1) is 5.92 Å². The Bertz CT molecular complexity index is 783. The van der Waals surface area contributed by atoms with Crippen LogP contribution in [0.2, 0.25) is 0 Å². The number of methoxy groups -OCH3 is 1. The number of amides is 1. The van der Waals surface area contributed by atoms with E-state index in [4.69, 9.17) is 14.6 Å². The van der Waals surface area contributed by atoms with Crippen LogP contribution in [0.4, 0.5) is 0 Å². The molecule has 8 nitrogen and oxygen atoms in total. The van der Waals surface area contributed by atoms with Crippen LogP contribution in [0.5, 0.6) is 5.75 Å². The molecule has 0 spiro atoms. The average molecular weight is 360 g/mol. The number of likely N-dealkylation sites (N-methyl/N-ethyl adjacent to an activating group) is 1. The molecule has 2 N–H and O–H groups in total. The molecule has 0 radical (unpaired) electrons. The predicted octanol–water partition coefficient (Wildman–Crippen LogP) is 1.44. The molecule has 1 atom stereocenters. The Morgan fingerprint density at radius 3 is 2.69 bits per heavy atom. The fourth-order valence-electron chi connectivity index (χ4n) is 3.98. The Hall–Kier alpha value is -2.61. The summed E-state index contributed by atoms with van der Waals surface area (Å²) in [5, 5.41) is 15.0. The maximum absolute atomic E-state index is 12.9. The quantitative estimate of drug-likeness (QED) is 0.804. The van der Waals surface area contributed by atoms with E-state index in [-0.39, 0.29) is 12.4 Å². The lowest BCUT2D eigenvalue weighted by molar-refractivity contribution is -0.122. The van der Waals surface area contributed by atoms with Crippen molar-refractivity contribution in [1.82, 2.24) is 20.0 Å². The first-order valence-electron chi connectivity index (χ1n) is 8.68. The molecule has 3 fully saturated rings. The molecule has 0 saturated carbocycles. The molecule has 3 saturated heterocycles. The Kier molecular flexibility index (Phi) is 5.41. The highest BCUT2D eigenvalue weighted by Gasteiger charge is 2.38. The van der Waals surface area contributed by atoms with E-state index < -0.39 is 0 Å². The molecule has 3 aliphatic rings. The van der Waals surface area contributed by atoms with Crippen LogP contribution < -0.4 is 4.74 Å². The number of benzene rings is 1. The number of hydrogen-bond acceptors (Lipinski definition) is 5.